The van der Waals surface area contributed by atoms with Gasteiger partial charge in [-0.3, -0.25) is 9.48 Å². The lowest BCUT2D eigenvalue weighted by atomic mass is 10.0. The highest BCUT2D eigenvalue weighted by Gasteiger charge is 2.22. The Morgan fingerprint density at radius 1 is 1.24 bits per heavy atom. The molecule has 0 radical (unpaired) electrons. The molecule has 0 spiro atoms. The molecular formula is C21H20FN5O2. The summed E-state index contributed by atoms with van der Waals surface area (Å²) in [5.74, 6) is -0.619. The first-order valence-electron chi connectivity index (χ1n) is 9.17. The van der Waals surface area contributed by atoms with Crippen molar-refractivity contribution in [2.75, 3.05) is 0 Å². The molecule has 0 bridgehead atoms. The zero-order chi connectivity index (χ0) is 20.7. The largest absolute Gasteiger partial charge is 0.345 e. The third kappa shape index (κ3) is 3.37. The summed E-state index contributed by atoms with van der Waals surface area (Å²) in [6.07, 6.45) is 1.75. The molecule has 0 aliphatic carbocycles. The number of carbonyl (C=O) groups excluding carboxylic acids is 1. The average molecular weight is 393 g/mol. The van der Waals surface area contributed by atoms with Gasteiger partial charge < -0.3 is 9.84 Å². The summed E-state index contributed by atoms with van der Waals surface area (Å²) in [6.45, 7) is 5.62. The minimum atomic E-state index is -0.344. The Hall–Kier alpha value is -3.55. The van der Waals surface area contributed by atoms with Crippen LogP contribution >= 0.6 is 0 Å². The van der Waals surface area contributed by atoms with Crippen LogP contribution in [0.2, 0.25) is 0 Å². The highest BCUT2D eigenvalue weighted by atomic mass is 19.1. The Kier molecular flexibility index (Phi) is 4.62. The van der Waals surface area contributed by atoms with E-state index < -0.39 is 0 Å². The van der Waals surface area contributed by atoms with E-state index in [0.717, 1.165) is 11.3 Å². The van der Waals surface area contributed by atoms with Gasteiger partial charge in [0.25, 0.3) is 11.6 Å². The predicted octanol–water partition coefficient (Wildman–Crippen LogP) is 3.87. The SMILES string of the molecule is Cc1noc2nc(-c3ccc(F)cc3)cc(C(=O)N[C@@H](C)c3cnn(C)c3C)c12. The summed E-state index contributed by atoms with van der Waals surface area (Å²) in [5.41, 5.74) is 4.34. The van der Waals surface area contributed by atoms with Crippen LogP contribution in [0.15, 0.2) is 41.1 Å². The number of benzene rings is 1. The highest BCUT2D eigenvalue weighted by molar-refractivity contribution is 6.07. The van der Waals surface area contributed by atoms with Gasteiger partial charge >= 0.3 is 0 Å². The molecule has 0 aliphatic heterocycles. The van der Waals surface area contributed by atoms with Crippen LogP contribution in [0.4, 0.5) is 4.39 Å². The Morgan fingerprint density at radius 3 is 2.62 bits per heavy atom. The molecule has 7 nitrogen and oxygen atoms in total. The zero-order valence-corrected chi connectivity index (χ0v) is 16.5. The van der Waals surface area contributed by atoms with Gasteiger partial charge in [0.1, 0.15) is 5.82 Å². The summed E-state index contributed by atoms with van der Waals surface area (Å²) in [4.78, 5) is 17.6. The van der Waals surface area contributed by atoms with E-state index in [1.807, 2.05) is 20.9 Å². The Bertz CT molecular complexity index is 1210. The van der Waals surface area contributed by atoms with Crippen LogP contribution in [0, 0.1) is 19.7 Å². The minimum absolute atomic E-state index is 0.242. The van der Waals surface area contributed by atoms with Gasteiger partial charge in [-0.15, -0.1) is 0 Å². The molecule has 4 rings (SSSR count). The fraction of sp³-hybridized carbons (Fsp3) is 0.238. The molecule has 1 atom stereocenters. The van der Waals surface area contributed by atoms with Gasteiger partial charge in [-0.05, 0) is 51.1 Å². The molecule has 0 fully saturated rings. The second kappa shape index (κ2) is 7.12. The number of carbonyl (C=O) groups is 1. The second-order valence-electron chi connectivity index (χ2n) is 7.01. The molecule has 4 aromatic rings. The van der Waals surface area contributed by atoms with E-state index in [9.17, 15) is 9.18 Å². The van der Waals surface area contributed by atoms with Gasteiger partial charge in [-0.2, -0.15) is 5.10 Å². The minimum Gasteiger partial charge on any atom is -0.345 e. The third-order valence-electron chi connectivity index (χ3n) is 5.09. The number of fused-ring (bicyclic) bond motifs is 1. The molecule has 0 saturated heterocycles. The third-order valence-corrected chi connectivity index (χ3v) is 5.09. The topological polar surface area (TPSA) is 85.8 Å². The van der Waals surface area contributed by atoms with E-state index >= 15 is 0 Å². The standard InChI is InChI=1S/C21H20FN5O2/c1-11(17-10-23-27(4)13(17)3)24-20(28)16-9-18(14-5-7-15(22)8-6-14)25-21-19(16)12(2)26-29-21/h5-11H,1-4H3,(H,24,28)/t11-/m0/s1. The van der Waals surface area contributed by atoms with Crippen molar-refractivity contribution in [2.45, 2.75) is 26.8 Å². The quantitative estimate of drug-likeness (QED) is 0.569. The van der Waals surface area contributed by atoms with Crippen LogP contribution in [0.5, 0.6) is 0 Å². The fourth-order valence-electron chi connectivity index (χ4n) is 3.34. The predicted molar refractivity (Wildman–Crippen MR) is 106 cm³/mol. The molecule has 1 amide bonds. The smallest absolute Gasteiger partial charge is 0.259 e. The maximum Gasteiger partial charge on any atom is 0.259 e. The van der Waals surface area contributed by atoms with Crippen LogP contribution in [-0.4, -0.2) is 25.8 Å². The number of hydrogen-bond donors (Lipinski definition) is 1. The van der Waals surface area contributed by atoms with Crippen molar-refractivity contribution < 1.29 is 13.7 Å². The summed E-state index contributed by atoms with van der Waals surface area (Å²) < 4.78 is 20.4. The molecule has 3 aromatic heterocycles. The van der Waals surface area contributed by atoms with Gasteiger partial charge in [0.2, 0.25) is 0 Å². The molecule has 1 N–H and O–H groups in total. The normalized spacial score (nSPS) is 12.3. The highest BCUT2D eigenvalue weighted by Crippen LogP contribution is 2.28. The second-order valence-corrected chi connectivity index (χ2v) is 7.01. The van der Waals surface area contributed by atoms with Crippen LogP contribution in [0.1, 0.15) is 40.3 Å². The summed E-state index contributed by atoms with van der Waals surface area (Å²) in [6, 6.07) is 7.35. The average Bonchev–Trinajstić information content (AvgIpc) is 3.24. The Balaban J connectivity index is 1.75. The number of nitrogens with one attached hydrogen (secondary N) is 1. The van der Waals surface area contributed by atoms with Crippen LogP contribution < -0.4 is 5.32 Å². The van der Waals surface area contributed by atoms with Crippen molar-refractivity contribution in [1.82, 2.24) is 25.2 Å². The maximum absolute atomic E-state index is 13.3. The molecule has 0 saturated carbocycles. The number of amides is 1. The summed E-state index contributed by atoms with van der Waals surface area (Å²) in [5, 5.41) is 11.8. The number of halogens is 1. The van der Waals surface area contributed by atoms with E-state index in [1.165, 1.54) is 12.1 Å². The number of aryl methyl sites for hydroxylation is 2. The lowest BCUT2D eigenvalue weighted by Gasteiger charge is -2.15. The van der Waals surface area contributed by atoms with Gasteiger partial charge in [-0.1, -0.05) is 5.16 Å². The number of nitrogens with zero attached hydrogens (tertiary/aromatic N) is 4. The van der Waals surface area contributed by atoms with E-state index in [4.69, 9.17) is 4.52 Å². The first-order chi connectivity index (χ1) is 13.8. The lowest BCUT2D eigenvalue weighted by molar-refractivity contribution is 0.0941. The van der Waals surface area contributed by atoms with Gasteiger partial charge in [0.15, 0.2) is 0 Å². The van der Waals surface area contributed by atoms with Crippen molar-refractivity contribution >= 4 is 17.0 Å². The van der Waals surface area contributed by atoms with E-state index in [-0.39, 0.29) is 23.5 Å². The molecule has 148 valence electrons. The monoisotopic (exact) mass is 393 g/mol. The van der Waals surface area contributed by atoms with Crippen LogP contribution in [0.25, 0.3) is 22.4 Å². The molecule has 0 aliphatic rings. The number of hydrogen-bond acceptors (Lipinski definition) is 5. The first kappa shape index (κ1) is 18.8. The Morgan fingerprint density at radius 2 is 1.97 bits per heavy atom. The molecule has 3 heterocycles. The van der Waals surface area contributed by atoms with Crippen LogP contribution in [-0.2, 0) is 7.05 Å². The van der Waals surface area contributed by atoms with Crippen molar-refractivity contribution in [3.05, 3.63) is 64.9 Å². The summed E-state index contributed by atoms with van der Waals surface area (Å²) >= 11 is 0. The van der Waals surface area contributed by atoms with Crippen LogP contribution in [0.3, 0.4) is 0 Å². The molecule has 1 aromatic carbocycles. The zero-order valence-electron chi connectivity index (χ0n) is 16.5. The fourth-order valence-corrected chi connectivity index (χ4v) is 3.34. The Labute approximate surface area is 166 Å². The van der Waals surface area contributed by atoms with E-state index in [1.54, 1.807) is 36.0 Å². The van der Waals surface area contributed by atoms with Gasteiger partial charge in [0, 0.05) is 23.9 Å². The maximum atomic E-state index is 13.3. The summed E-state index contributed by atoms with van der Waals surface area (Å²) in [7, 11) is 1.86. The van der Waals surface area contributed by atoms with Crippen molar-refractivity contribution in [3.8, 4) is 11.3 Å². The molecular weight excluding hydrogens is 373 g/mol. The number of pyridine rings is 1. The van der Waals surface area contributed by atoms with Gasteiger partial charge in [0.05, 0.1) is 34.6 Å². The van der Waals surface area contributed by atoms with E-state index in [2.05, 4.69) is 20.6 Å². The van der Waals surface area contributed by atoms with Gasteiger partial charge in [-0.25, -0.2) is 9.37 Å². The molecule has 29 heavy (non-hydrogen) atoms. The lowest BCUT2D eigenvalue weighted by Crippen LogP contribution is -2.27. The van der Waals surface area contributed by atoms with Crippen molar-refractivity contribution in [1.29, 1.82) is 0 Å². The van der Waals surface area contributed by atoms with Crippen molar-refractivity contribution in [2.24, 2.45) is 7.05 Å². The van der Waals surface area contributed by atoms with E-state index in [0.29, 0.717) is 27.9 Å². The number of aromatic nitrogens is 4. The molecule has 0 unspecified atom stereocenters. The van der Waals surface area contributed by atoms with Crippen molar-refractivity contribution in [3.63, 3.8) is 0 Å². The molecule has 8 heteroatoms. The number of rotatable bonds is 4. The first-order valence-corrected chi connectivity index (χ1v) is 9.17.